The Labute approximate surface area is 150 Å². The average molecular weight is 345 g/mol. The maximum atomic E-state index is 12.4. The van der Waals surface area contributed by atoms with Gasteiger partial charge in [-0.15, -0.1) is 0 Å². The molecule has 0 unspecified atom stereocenters. The summed E-state index contributed by atoms with van der Waals surface area (Å²) in [6.45, 7) is 2.22. The normalized spacial score (nSPS) is 12.4. The Morgan fingerprint density at radius 1 is 1.00 bits per heavy atom. The van der Waals surface area contributed by atoms with E-state index in [1.807, 2.05) is 78.2 Å². The van der Waals surface area contributed by atoms with Gasteiger partial charge in [-0.1, -0.05) is 60.7 Å². The summed E-state index contributed by atoms with van der Waals surface area (Å²) < 4.78 is 3.32. The van der Waals surface area contributed by atoms with Crippen LogP contribution in [-0.4, -0.2) is 19.3 Å². The van der Waals surface area contributed by atoms with Crippen LogP contribution in [0.3, 0.4) is 0 Å². The van der Waals surface area contributed by atoms with Gasteiger partial charge in [0.15, 0.2) is 0 Å². The van der Waals surface area contributed by atoms with E-state index < -0.39 is 6.10 Å². The van der Waals surface area contributed by atoms with E-state index in [4.69, 9.17) is 0 Å². The molecule has 5 heteroatoms. The van der Waals surface area contributed by atoms with Crippen molar-refractivity contribution in [2.45, 2.75) is 19.6 Å². The second-order valence-corrected chi connectivity index (χ2v) is 6.33. The third-order valence-corrected chi connectivity index (χ3v) is 4.54. The Balaban J connectivity index is 1.81. The fourth-order valence-corrected chi connectivity index (χ4v) is 3.17. The maximum Gasteiger partial charge on any atom is 0.274 e. The van der Waals surface area contributed by atoms with Crippen LogP contribution in [-0.2, 0) is 6.54 Å². The molecule has 0 aliphatic heterocycles. The molecule has 130 valence electrons. The molecule has 1 atom stereocenters. The van der Waals surface area contributed by atoms with Crippen molar-refractivity contribution >= 4 is 5.65 Å². The Kier molecular flexibility index (Phi) is 4.14. The van der Waals surface area contributed by atoms with E-state index in [2.05, 4.69) is 5.10 Å². The number of aliphatic hydroxyl groups is 1. The van der Waals surface area contributed by atoms with Crippen LogP contribution in [0, 0.1) is 6.92 Å². The highest BCUT2D eigenvalue weighted by Crippen LogP contribution is 2.21. The van der Waals surface area contributed by atoms with Gasteiger partial charge in [-0.25, -0.2) is 0 Å². The summed E-state index contributed by atoms with van der Waals surface area (Å²) >= 11 is 0. The molecule has 0 radical (unpaired) electrons. The Morgan fingerprint density at radius 2 is 1.65 bits per heavy atom. The molecular formula is C21H19N3O2. The van der Waals surface area contributed by atoms with Crippen molar-refractivity contribution in [1.82, 2.24) is 14.2 Å². The lowest BCUT2D eigenvalue weighted by atomic mass is 10.1. The third kappa shape index (κ3) is 2.93. The zero-order chi connectivity index (χ0) is 18.1. The molecule has 0 bridgehead atoms. The molecule has 4 rings (SSSR count). The van der Waals surface area contributed by atoms with Crippen LogP contribution in [0.2, 0.25) is 0 Å². The predicted octanol–water partition coefficient (Wildman–Crippen LogP) is 3.21. The Hall–Kier alpha value is -3.18. The molecule has 0 fully saturated rings. The molecule has 5 nitrogen and oxygen atoms in total. The monoisotopic (exact) mass is 345 g/mol. The SMILES string of the molecule is Cc1cc(=O)n2nc(-c3ccccc3)cc2n1C[C@@H](O)c1ccccc1. The van der Waals surface area contributed by atoms with Crippen molar-refractivity contribution in [2.75, 3.05) is 0 Å². The summed E-state index contributed by atoms with van der Waals surface area (Å²) in [6.07, 6.45) is -0.670. The molecule has 1 N–H and O–H groups in total. The van der Waals surface area contributed by atoms with E-state index in [0.29, 0.717) is 12.2 Å². The lowest BCUT2D eigenvalue weighted by molar-refractivity contribution is 0.156. The van der Waals surface area contributed by atoms with Crippen LogP contribution >= 0.6 is 0 Å². The first-order valence-electron chi connectivity index (χ1n) is 8.52. The van der Waals surface area contributed by atoms with Gasteiger partial charge in [0.25, 0.3) is 5.56 Å². The summed E-state index contributed by atoms with van der Waals surface area (Å²) in [6, 6.07) is 22.7. The van der Waals surface area contributed by atoms with Crippen LogP contribution in [0.15, 0.2) is 77.6 Å². The van der Waals surface area contributed by atoms with Gasteiger partial charge in [0.1, 0.15) is 5.65 Å². The van der Waals surface area contributed by atoms with Crippen molar-refractivity contribution in [3.8, 4) is 11.3 Å². The van der Waals surface area contributed by atoms with Crippen LogP contribution < -0.4 is 5.56 Å². The zero-order valence-electron chi connectivity index (χ0n) is 14.4. The first-order valence-corrected chi connectivity index (χ1v) is 8.52. The van der Waals surface area contributed by atoms with Gasteiger partial charge >= 0.3 is 0 Å². The standard InChI is InChI=1S/C21H19N3O2/c1-15-12-21(26)24-20(13-18(22-24)16-8-4-2-5-9-16)23(15)14-19(25)17-10-6-3-7-11-17/h2-13,19,25H,14H2,1H3/t19-/m1/s1. The molecule has 0 saturated carbocycles. The van der Waals surface area contributed by atoms with Gasteiger partial charge in [-0.05, 0) is 12.5 Å². The van der Waals surface area contributed by atoms with Gasteiger partial charge in [0, 0.05) is 23.4 Å². The smallest absolute Gasteiger partial charge is 0.274 e. The van der Waals surface area contributed by atoms with Crippen LogP contribution in [0.4, 0.5) is 0 Å². The fourth-order valence-electron chi connectivity index (χ4n) is 3.17. The highest BCUT2D eigenvalue weighted by molar-refractivity contribution is 5.64. The molecule has 0 aliphatic rings. The second-order valence-electron chi connectivity index (χ2n) is 6.33. The van der Waals surface area contributed by atoms with Gasteiger partial charge in [0.05, 0.1) is 18.3 Å². The van der Waals surface area contributed by atoms with Crippen molar-refractivity contribution in [3.63, 3.8) is 0 Å². The van der Waals surface area contributed by atoms with Gasteiger partial charge in [0.2, 0.25) is 0 Å². The second kappa shape index (κ2) is 6.61. The topological polar surface area (TPSA) is 59.5 Å². The fraction of sp³-hybridized carbons (Fsp3) is 0.143. The molecular weight excluding hydrogens is 326 g/mol. The van der Waals surface area contributed by atoms with Crippen LogP contribution in [0.5, 0.6) is 0 Å². The first kappa shape index (κ1) is 16.3. The number of aromatic nitrogens is 3. The molecule has 0 aliphatic carbocycles. The molecule has 2 heterocycles. The minimum absolute atomic E-state index is 0.176. The van der Waals surface area contributed by atoms with E-state index in [0.717, 1.165) is 22.5 Å². The largest absolute Gasteiger partial charge is 0.387 e. The van der Waals surface area contributed by atoms with Crippen LogP contribution in [0.1, 0.15) is 17.4 Å². The van der Waals surface area contributed by atoms with Gasteiger partial charge in [-0.3, -0.25) is 4.79 Å². The van der Waals surface area contributed by atoms with E-state index >= 15 is 0 Å². The van der Waals surface area contributed by atoms with Gasteiger partial charge in [-0.2, -0.15) is 9.61 Å². The van der Waals surface area contributed by atoms with Crippen molar-refractivity contribution in [2.24, 2.45) is 0 Å². The van der Waals surface area contributed by atoms with Crippen molar-refractivity contribution in [1.29, 1.82) is 0 Å². The minimum Gasteiger partial charge on any atom is -0.387 e. The third-order valence-electron chi connectivity index (χ3n) is 4.54. The summed E-state index contributed by atoms with van der Waals surface area (Å²) in [7, 11) is 0. The summed E-state index contributed by atoms with van der Waals surface area (Å²) in [5.41, 5.74) is 3.80. The molecule has 2 aromatic carbocycles. The van der Waals surface area contributed by atoms with Gasteiger partial charge < -0.3 is 9.67 Å². The highest BCUT2D eigenvalue weighted by Gasteiger charge is 2.15. The summed E-state index contributed by atoms with van der Waals surface area (Å²) in [5, 5.41) is 15.1. The number of nitrogens with zero attached hydrogens (tertiary/aromatic N) is 3. The van der Waals surface area contributed by atoms with Crippen LogP contribution in [0.25, 0.3) is 16.9 Å². The predicted molar refractivity (Wildman–Crippen MR) is 101 cm³/mol. The summed E-state index contributed by atoms with van der Waals surface area (Å²) in [4.78, 5) is 12.4. The van der Waals surface area contributed by atoms with E-state index in [9.17, 15) is 9.90 Å². The minimum atomic E-state index is -0.670. The van der Waals surface area contributed by atoms with E-state index in [1.54, 1.807) is 6.07 Å². The molecule has 2 aromatic heterocycles. The first-order chi connectivity index (χ1) is 12.6. The quantitative estimate of drug-likeness (QED) is 0.618. The molecule has 26 heavy (non-hydrogen) atoms. The number of fused-ring (bicyclic) bond motifs is 1. The summed E-state index contributed by atoms with van der Waals surface area (Å²) in [5.74, 6) is 0. The number of hydrogen-bond acceptors (Lipinski definition) is 3. The lowest BCUT2D eigenvalue weighted by Gasteiger charge is -2.17. The van der Waals surface area contributed by atoms with E-state index in [1.165, 1.54) is 4.52 Å². The number of aliphatic hydroxyl groups excluding tert-OH is 1. The molecule has 0 spiro atoms. The maximum absolute atomic E-state index is 12.4. The molecule has 0 saturated heterocycles. The Bertz CT molecular complexity index is 1100. The number of benzene rings is 2. The lowest BCUT2D eigenvalue weighted by Crippen LogP contribution is -2.21. The van der Waals surface area contributed by atoms with Crippen molar-refractivity contribution < 1.29 is 5.11 Å². The average Bonchev–Trinajstić information content (AvgIpc) is 3.12. The van der Waals surface area contributed by atoms with E-state index in [-0.39, 0.29) is 5.56 Å². The number of rotatable bonds is 4. The van der Waals surface area contributed by atoms with Crippen molar-refractivity contribution in [3.05, 3.63) is 94.4 Å². The highest BCUT2D eigenvalue weighted by atomic mass is 16.3. The Morgan fingerprint density at radius 3 is 2.35 bits per heavy atom. The number of hydrogen-bond donors (Lipinski definition) is 1. The number of aryl methyl sites for hydroxylation is 1. The molecule has 4 aromatic rings. The molecule has 0 amide bonds. The zero-order valence-corrected chi connectivity index (χ0v) is 14.4.